The van der Waals surface area contributed by atoms with E-state index in [4.69, 9.17) is 9.84 Å². The summed E-state index contributed by atoms with van der Waals surface area (Å²) >= 11 is 0.989. The number of hydrogen-bond donors (Lipinski definition) is 1. The van der Waals surface area contributed by atoms with Gasteiger partial charge >= 0.3 is 5.97 Å². The highest BCUT2D eigenvalue weighted by molar-refractivity contribution is 7.98. The van der Waals surface area contributed by atoms with Gasteiger partial charge < -0.3 is 9.84 Å². The molecule has 12 heteroatoms. The molecular formula is C28H25F3N2O5S2. The van der Waals surface area contributed by atoms with Gasteiger partial charge in [0.1, 0.15) is 11.6 Å². The van der Waals surface area contributed by atoms with Gasteiger partial charge in [0.2, 0.25) is 0 Å². The van der Waals surface area contributed by atoms with Crippen LogP contribution >= 0.6 is 11.8 Å². The topological polar surface area (TPSA) is 98.5 Å². The normalized spacial score (nSPS) is 12.0. The second kappa shape index (κ2) is 11.0. The zero-order valence-electron chi connectivity index (χ0n) is 21.9. The van der Waals surface area contributed by atoms with Gasteiger partial charge in [-0.25, -0.2) is 31.4 Å². The van der Waals surface area contributed by atoms with E-state index in [2.05, 4.69) is 4.98 Å². The number of ether oxygens (including phenoxy) is 1. The molecule has 3 aromatic carbocycles. The molecule has 0 saturated carbocycles. The number of aromatic carboxylic acids is 1. The summed E-state index contributed by atoms with van der Waals surface area (Å²) in [6, 6.07) is 12.2. The maximum absolute atomic E-state index is 14.6. The molecule has 0 fully saturated rings. The minimum Gasteiger partial charge on any atom is -0.494 e. The Morgan fingerprint density at radius 2 is 1.73 bits per heavy atom. The van der Waals surface area contributed by atoms with Crippen LogP contribution in [-0.2, 0) is 21.0 Å². The number of nitrogens with zero attached hydrogens (tertiary/aromatic N) is 2. The molecule has 1 N–H and O–H groups in total. The zero-order valence-corrected chi connectivity index (χ0v) is 23.5. The molecule has 0 aliphatic heterocycles. The fourth-order valence-corrected chi connectivity index (χ4v) is 5.86. The number of imidazole rings is 1. The molecule has 0 bridgehead atoms. The fraction of sp³-hybridized carbons (Fsp3) is 0.214. The number of hydrogen-bond acceptors (Lipinski definition) is 6. The molecule has 0 aliphatic rings. The zero-order chi connectivity index (χ0) is 29.4. The molecule has 1 heterocycles. The lowest BCUT2D eigenvalue weighted by molar-refractivity contribution is 0.0695. The van der Waals surface area contributed by atoms with Gasteiger partial charge in [0.15, 0.2) is 26.6 Å². The van der Waals surface area contributed by atoms with Crippen LogP contribution in [0, 0.1) is 17.5 Å². The van der Waals surface area contributed by atoms with Gasteiger partial charge in [-0.1, -0.05) is 37.7 Å². The van der Waals surface area contributed by atoms with Crippen LogP contribution in [0.15, 0.2) is 70.8 Å². The van der Waals surface area contributed by atoms with Crippen molar-refractivity contribution < 1.29 is 36.2 Å². The molecule has 0 unspecified atom stereocenters. The Balaban J connectivity index is 1.84. The largest absolute Gasteiger partial charge is 0.494 e. The number of carbonyl (C=O) groups is 1. The Kier molecular flexibility index (Phi) is 8.04. The van der Waals surface area contributed by atoms with Crippen LogP contribution in [0.3, 0.4) is 0 Å². The van der Waals surface area contributed by atoms with Crippen LogP contribution in [0.5, 0.6) is 5.75 Å². The van der Waals surface area contributed by atoms with Crippen molar-refractivity contribution in [3.8, 4) is 11.4 Å². The summed E-state index contributed by atoms with van der Waals surface area (Å²) in [5.74, 6) is -4.33. The SMILES string of the molecule is COc1cc(-n2c(C(C)(C)c3cccc(S(C)(=O)=O)c3)cnc2SCc2c(F)cc(C(=O)O)cc2F)ccc1F. The molecule has 0 amide bonds. The van der Waals surface area contributed by atoms with Gasteiger partial charge in [-0.2, -0.15) is 0 Å². The number of aromatic nitrogens is 2. The van der Waals surface area contributed by atoms with Gasteiger partial charge in [0, 0.05) is 29.1 Å². The third kappa shape index (κ3) is 5.73. The van der Waals surface area contributed by atoms with E-state index in [0.717, 1.165) is 30.2 Å². The average Bonchev–Trinajstić information content (AvgIpc) is 3.32. The first-order valence-corrected chi connectivity index (χ1v) is 14.7. The molecule has 4 rings (SSSR count). The lowest BCUT2D eigenvalue weighted by Crippen LogP contribution is -2.23. The summed E-state index contributed by atoms with van der Waals surface area (Å²) in [7, 11) is -2.17. The van der Waals surface area contributed by atoms with E-state index in [0.29, 0.717) is 22.1 Å². The number of halogens is 3. The highest BCUT2D eigenvalue weighted by Gasteiger charge is 2.31. The third-order valence-electron chi connectivity index (χ3n) is 6.48. The number of carboxylic acids is 1. The van der Waals surface area contributed by atoms with Crippen LogP contribution in [0.2, 0.25) is 0 Å². The molecule has 0 aliphatic carbocycles. The molecule has 0 atom stereocenters. The predicted molar refractivity (Wildman–Crippen MR) is 145 cm³/mol. The van der Waals surface area contributed by atoms with Crippen LogP contribution < -0.4 is 4.74 Å². The monoisotopic (exact) mass is 590 g/mol. The first kappa shape index (κ1) is 29.2. The highest BCUT2D eigenvalue weighted by atomic mass is 32.2. The summed E-state index contributed by atoms with van der Waals surface area (Å²) in [6.45, 7) is 3.72. The first-order chi connectivity index (χ1) is 18.7. The molecule has 4 aromatic rings. The molecule has 0 saturated heterocycles. The van der Waals surface area contributed by atoms with Crippen molar-refractivity contribution in [3.63, 3.8) is 0 Å². The van der Waals surface area contributed by atoms with Crippen molar-refractivity contribution in [3.05, 3.63) is 101 Å². The van der Waals surface area contributed by atoms with E-state index in [9.17, 15) is 26.4 Å². The Hall–Kier alpha value is -3.77. The molecule has 40 heavy (non-hydrogen) atoms. The first-order valence-electron chi connectivity index (χ1n) is 11.8. The minimum atomic E-state index is -3.49. The lowest BCUT2D eigenvalue weighted by atomic mass is 9.81. The minimum absolute atomic E-state index is 0.0358. The lowest BCUT2D eigenvalue weighted by Gasteiger charge is -2.28. The quantitative estimate of drug-likeness (QED) is 0.238. The smallest absolute Gasteiger partial charge is 0.335 e. The number of methoxy groups -OCH3 is 1. The second-order valence-corrected chi connectivity index (χ2v) is 12.5. The van der Waals surface area contributed by atoms with Crippen molar-refractivity contribution >= 4 is 27.6 Å². The summed E-state index contributed by atoms with van der Waals surface area (Å²) in [5, 5.41) is 9.37. The predicted octanol–water partition coefficient (Wildman–Crippen LogP) is 6.02. The Bertz CT molecular complexity index is 1700. The van der Waals surface area contributed by atoms with E-state index >= 15 is 0 Å². The van der Waals surface area contributed by atoms with Gasteiger partial charge in [-0.05, 0) is 42.0 Å². The fourth-order valence-electron chi connectivity index (χ4n) is 4.18. The number of rotatable bonds is 9. The van der Waals surface area contributed by atoms with Gasteiger partial charge in [-0.15, -0.1) is 0 Å². The summed E-state index contributed by atoms with van der Waals surface area (Å²) in [5.41, 5.74) is 0.00281. The van der Waals surface area contributed by atoms with Gasteiger partial charge in [0.05, 0.1) is 35.1 Å². The van der Waals surface area contributed by atoms with Gasteiger partial charge in [0.25, 0.3) is 0 Å². The van der Waals surface area contributed by atoms with Crippen LogP contribution in [0.4, 0.5) is 13.2 Å². The molecule has 7 nitrogen and oxygen atoms in total. The molecule has 0 spiro atoms. The Morgan fingerprint density at radius 1 is 1.05 bits per heavy atom. The van der Waals surface area contributed by atoms with E-state index < -0.39 is 44.2 Å². The molecular weight excluding hydrogens is 565 g/mol. The van der Waals surface area contributed by atoms with E-state index in [1.165, 1.54) is 31.4 Å². The maximum Gasteiger partial charge on any atom is 0.335 e. The van der Waals surface area contributed by atoms with Crippen molar-refractivity contribution in [1.29, 1.82) is 0 Å². The number of sulfone groups is 1. The molecule has 1 aromatic heterocycles. The highest BCUT2D eigenvalue weighted by Crippen LogP contribution is 2.38. The van der Waals surface area contributed by atoms with E-state index in [1.807, 2.05) is 13.8 Å². The summed E-state index contributed by atoms with van der Waals surface area (Å²) in [4.78, 5) is 15.8. The molecule has 0 radical (unpaired) electrons. The van der Waals surface area contributed by atoms with E-state index in [1.54, 1.807) is 29.0 Å². The van der Waals surface area contributed by atoms with Crippen LogP contribution in [0.1, 0.15) is 41.0 Å². The van der Waals surface area contributed by atoms with Crippen LogP contribution in [-0.4, -0.2) is 42.4 Å². The Labute approximate surface area is 233 Å². The van der Waals surface area contributed by atoms with Crippen molar-refractivity contribution in [2.75, 3.05) is 13.4 Å². The Morgan fingerprint density at radius 3 is 2.33 bits per heavy atom. The third-order valence-corrected chi connectivity index (χ3v) is 8.57. The van der Waals surface area contributed by atoms with Crippen LogP contribution in [0.25, 0.3) is 5.69 Å². The van der Waals surface area contributed by atoms with E-state index in [-0.39, 0.29) is 22.0 Å². The standard InChI is InChI=1S/C28H25F3N2O5S2/c1-28(2,17-6-5-7-19(12-17)40(4,36)37)25-14-32-27(33(25)18-8-9-21(29)24(13-18)38-3)39-15-20-22(30)10-16(26(34)35)11-23(20)31/h5-14H,15H2,1-4H3,(H,34,35). The number of carboxylic acid groups (broad SMARTS) is 1. The maximum atomic E-state index is 14.6. The van der Waals surface area contributed by atoms with Crippen molar-refractivity contribution in [2.45, 2.75) is 35.1 Å². The number of benzene rings is 3. The summed E-state index contributed by atoms with van der Waals surface area (Å²) < 4.78 is 74.8. The van der Waals surface area contributed by atoms with Crippen molar-refractivity contribution in [2.24, 2.45) is 0 Å². The average molecular weight is 591 g/mol. The second-order valence-electron chi connectivity index (χ2n) is 9.52. The molecule has 210 valence electrons. The number of thioether (sulfide) groups is 1. The van der Waals surface area contributed by atoms with Crippen molar-refractivity contribution in [1.82, 2.24) is 9.55 Å². The summed E-state index contributed by atoms with van der Waals surface area (Å²) in [6.07, 6.45) is 2.68. The van der Waals surface area contributed by atoms with Gasteiger partial charge in [-0.3, -0.25) is 4.57 Å².